The van der Waals surface area contributed by atoms with Gasteiger partial charge in [-0.1, -0.05) is 17.7 Å². The number of fused-ring (bicyclic) bond motifs is 1. The van der Waals surface area contributed by atoms with Gasteiger partial charge in [0.05, 0.1) is 20.3 Å². The van der Waals surface area contributed by atoms with Gasteiger partial charge in [-0.15, -0.1) is 0 Å². The summed E-state index contributed by atoms with van der Waals surface area (Å²) < 4.78 is 10.5. The molecule has 1 aliphatic rings. The van der Waals surface area contributed by atoms with E-state index in [-0.39, 0.29) is 12.5 Å². The van der Waals surface area contributed by atoms with Crippen LogP contribution in [0.4, 0.5) is 0 Å². The van der Waals surface area contributed by atoms with Crippen molar-refractivity contribution < 1.29 is 14.6 Å². The zero-order chi connectivity index (χ0) is 10.1. The summed E-state index contributed by atoms with van der Waals surface area (Å²) >= 11 is 6.04. The normalized spacial score (nSPS) is 18.9. The number of rotatable bonds is 2. The predicted molar refractivity (Wildman–Crippen MR) is 53.3 cm³/mol. The average Bonchev–Trinajstić information content (AvgIpc) is 2.62. The molecule has 3 nitrogen and oxygen atoms in total. The lowest BCUT2D eigenvalue weighted by atomic mass is 10.0. The van der Waals surface area contributed by atoms with Crippen LogP contribution in [0.2, 0.25) is 5.02 Å². The van der Waals surface area contributed by atoms with Crippen molar-refractivity contribution in [3.05, 3.63) is 22.7 Å². The van der Waals surface area contributed by atoms with Gasteiger partial charge in [0.2, 0.25) is 0 Å². The van der Waals surface area contributed by atoms with Crippen LogP contribution in [0.25, 0.3) is 0 Å². The van der Waals surface area contributed by atoms with E-state index < -0.39 is 0 Å². The lowest BCUT2D eigenvalue weighted by Gasteiger charge is -2.07. The topological polar surface area (TPSA) is 38.7 Å². The third kappa shape index (κ3) is 1.33. The molecule has 0 radical (unpaired) electrons. The average molecular weight is 215 g/mol. The molecule has 0 aliphatic carbocycles. The van der Waals surface area contributed by atoms with Crippen molar-refractivity contribution in [2.45, 2.75) is 5.92 Å². The molecular weight excluding hydrogens is 204 g/mol. The van der Waals surface area contributed by atoms with Crippen LogP contribution in [0.3, 0.4) is 0 Å². The summed E-state index contributed by atoms with van der Waals surface area (Å²) in [6, 6.07) is 3.67. The summed E-state index contributed by atoms with van der Waals surface area (Å²) in [6.07, 6.45) is 0. The Bertz CT molecular complexity index is 351. The standard InChI is InChI=1S/C10H11ClO3/c1-13-8-3-2-7-6(4-12)5-14-10(7)9(8)11/h2-3,6,12H,4-5H2,1H3. The number of hydrogen-bond donors (Lipinski definition) is 1. The second kappa shape index (κ2) is 3.67. The molecule has 1 N–H and O–H groups in total. The van der Waals surface area contributed by atoms with Gasteiger partial charge in [-0.25, -0.2) is 0 Å². The molecule has 0 amide bonds. The first-order valence-electron chi connectivity index (χ1n) is 4.38. The molecule has 76 valence electrons. The molecule has 0 aromatic heterocycles. The number of ether oxygens (including phenoxy) is 2. The first-order valence-corrected chi connectivity index (χ1v) is 4.75. The van der Waals surface area contributed by atoms with Crippen LogP contribution in [-0.2, 0) is 0 Å². The number of aliphatic hydroxyl groups is 1. The van der Waals surface area contributed by atoms with Crippen LogP contribution in [0.1, 0.15) is 11.5 Å². The number of halogens is 1. The highest BCUT2D eigenvalue weighted by molar-refractivity contribution is 6.33. The molecule has 0 fully saturated rings. The Kier molecular flexibility index (Phi) is 2.52. The molecule has 0 bridgehead atoms. The molecule has 1 aromatic carbocycles. The van der Waals surface area contributed by atoms with Crippen molar-refractivity contribution in [2.75, 3.05) is 20.3 Å². The summed E-state index contributed by atoms with van der Waals surface area (Å²) in [6.45, 7) is 0.564. The highest BCUT2D eigenvalue weighted by Crippen LogP contribution is 2.43. The highest BCUT2D eigenvalue weighted by Gasteiger charge is 2.27. The first kappa shape index (κ1) is 9.62. The van der Waals surface area contributed by atoms with Crippen molar-refractivity contribution in [1.82, 2.24) is 0 Å². The van der Waals surface area contributed by atoms with E-state index in [1.54, 1.807) is 13.2 Å². The molecule has 1 unspecified atom stereocenters. The van der Waals surface area contributed by atoms with Gasteiger partial charge in [0, 0.05) is 11.5 Å². The van der Waals surface area contributed by atoms with Crippen molar-refractivity contribution in [3.63, 3.8) is 0 Å². The molecule has 0 saturated carbocycles. The van der Waals surface area contributed by atoms with Gasteiger partial charge < -0.3 is 14.6 Å². The molecule has 2 rings (SSSR count). The maximum absolute atomic E-state index is 9.08. The fourth-order valence-electron chi connectivity index (χ4n) is 1.60. The maximum Gasteiger partial charge on any atom is 0.145 e. The maximum atomic E-state index is 9.08. The Morgan fingerprint density at radius 2 is 2.43 bits per heavy atom. The van der Waals surface area contributed by atoms with E-state index in [1.807, 2.05) is 6.07 Å². The number of hydrogen-bond acceptors (Lipinski definition) is 3. The van der Waals surface area contributed by atoms with Crippen molar-refractivity contribution in [1.29, 1.82) is 0 Å². The summed E-state index contributed by atoms with van der Waals surface area (Å²) in [5, 5.41) is 9.56. The molecule has 1 atom stereocenters. The van der Waals surface area contributed by atoms with Crippen molar-refractivity contribution in [3.8, 4) is 11.5 Å². The van der Waals surface area contributed by atoms with E-state index in [1.165, 1.54) is 0 Å². The fourth-order valence-corrected chi connectivity index (χ4v) is 1.91. The third-order valence-electron chi connectivity index (χ3n) is 2.40. The Balaban J connectivity index is 2.46. The van der Waals surface area contributed by atoms with E-state index in [4.69, 9.17) is 26.2 Å². The van der Waals surface area contributed by atoms with E-state index in [9.17, 15) is 0 Å². The number of methoxy groups -OCH3 is 1. The molecule has 4 heteroatoms. The number of benzene rings is 1. The van der Waals surface area contributed by atoms with Crippen LogP contribution < -0.4 is 9.47 Å². The molecule has 1 heterocycles. The smallest absolute Gasteiger partial charge is 0.145 e. The lowest BCUT2D eigenvalue weighted by Crippen LogP contribution is -2.04. The quantitative estimate of drug-likeness (QED) is 0.816. The highest BCUT2D eigenvalue weighted by atomic mass is 35.5. The summed E-state index contributed by atoms with van der Waals surface area (Å²) in [4.78, 5) is 0. The minimum absolute atomic E-state index is 0.0356. The van der Waals surface area contributed by atoms with Crippen LogP contribution in [0.5, 0.6) is 11.5 Å². The van der Waals surface area contributed by atoms with Gasteiger partial charge in [0.15, 0.2) is 0 Å². The van der Waals surface area contributed by atoms with Crippen LogP contribution >= 0.6 is 11.6 Å². The molecule has 0 spiro atoms. The monoisotopic (exact) mass is 214 g/mol. The minimum Gasteiger partial charge on any atom is -0.495 e. The van der Waals surface area contributed by atoms with Crippen LogP contribution in [0.15, 0.2) is 12.1 Å². The minimum atomic E-state index is 0.0356. The molecule has 1 aromatic rings. The number of aliphatic hydroxyl groups excluding tert-OH is 1. The van der Waals surface area contributed by atoms with Gasteiger partial charge in [-0.3, -0.25) is 0 Å². The zero-order valence-electron chi connectivity index (χ0n) is 7.79. The molecule has 14 heavy (non-hydrogen) atoms. The largest absolute Gasteiger partial charge is 0.495 e. The molecule has 1 aliphatic heterocycles. The van der Waals surface area contributed by atoms with Gasteiger partial charge in [0.1, 0.15) is 16.5 Å². The Morgan fingerprint density at radius 3 is 3.07 bits per heavy atom. The Hall–Kier alpha value is -0.930. The Morgan fingerprint density at radius 1 is 1.64 bits per heavy atom. The summed E-state index contributed by atoms with van der Waals surface area (Å²) in [5.41, 5.74) is 0.957. The summed E-state index contributed by atoms with van der Waals surface area (Å²) in [5.74, 6) is 1.28. The van der Waals surface area contributed by atoms with E-state index in [0.29, 0.717) is 23.1 Å². The van der Waals surface area contributed by atoms with Crippen LogP contribution in [0, 0.1) is 0 Å². The van der Waals surface area contributed by atoms with Gasteiger partial charge in [-0.05, 0) is 6.07 Å². The molecular formula is C10H11ClO3. The second-order valence-electron chi connectivity index (χ2n) is 3.19. The van der Waals surface area contributed by atoms with Crippen molar-refractivity contribution in [2.24, 2.45) is 0 Å². The lowest BCUT2D eigenvalue weighted by molar-refractivity contribution is 0.232. The van der Waals surface area contributed by atoms with Crippen molar-refractivity contribution >= 4 is 11.6 Å². The predicted octanol–water partition coefficient (Wildman–Crippen LogP) is 1.82. The Labute approximate surface area is 87.2 Å². The van der Waals surface area contributed by atoms with Gasteiger partial charge in [0.25, 0.3) is 0 Å². The molecule has 0 saturated heterocycles. The van der Waals surface area contributed by atoms with E-state index >= 15 is 0 Å². The van der Waals surface area contributed by atoms with E-state index in [0.717, 1.165) is 5.56 Å². The summed E-state index contributed by atoms with van der Waals surface area (Å²) in [7, 11) is 1.56. The van der Waals surface area contributed by atoms with Gasteiger partial charge >= 0.3 is 0 Å². The SMILES string of the molecule is COc1ccc2c(c1Cl)OCC2CO. The van der Waals surface area contributed by atoms with E-state index in [2.05, 4.69) is 0 Å². The third-order valence-corrected chi connectivity index (χ3v) is 2.76. The van der Waals surface area contributed by atoms with Gasteiger partial charge in [-0.2, -0.15) is 0 Å². The van der Waals surface area contributed by atoms with Crippen LogP contribution in [-0.4, -0.2) is 25.4 Å². The second-order valence-corrected chi connectivity index (χ2v) is 3.57. The fraction of sp³-hybridized carbons (Fsp3) is 0.400. The zero-order valence-corrected chi connectivity index (χ0v) is 8.54. The first-order chi connectivity index (χ1) is 6.77.